The zero-order chi connectivity index (χ0) is 22.6. The Balaban J connectivity index is 0.00000363. The summed E-state index contributed by atoms with van der Waals surface area (Å²) in [5.74, 6) is -0.0442. The Labute approximate surface area is 200 Å². The van der Waals surface area contributed by atoms with Crippen LogP contribution < -0.4 is 4.90 Å². The van der Waals surface area contributed by atoms with Crippen molar-refractivity contribution >= 4 is 54.8 Å². The molecule has 0 aliphatic rings. The number of benzene rings is 2. The van der Waals surface area contributed by atoms with Gasteiger partial charge in [-0.2, -0.15) is 0 Å². The number of para-hydroxylation sites is 1. The molecular formula is C23H30ClN3O3S2. The fourth-order valence-corrected chi connectivity index (χ4v) is 5.26. The summed E-state index contributed by atoms with van der Waals surface area (Å²) in [4.78, 5) is 22.0. The Morgan fingerprint density at radius 2 is 1.69 bits per heavy atom. The number of sulfone groups is 1. The van der Waals surface area contributed by atoms with Crippen molar-refractivity contribution < 1.29 is 13.2 Å². The monoisotopic (exact) mass is 495 g/mol. The molecule has 0 spiro atoms. The maximum Gasteiger partial charge on any atom is 0.233 e. The van der Waals surface area contributed by atoms with Gasteiger partial charge < -0.3 is 4.90 Å². The summed E-state index contributed by atoms with van der Waals surface area (Å²) in [5.41, 5.74) is 1.67. The number of hydrogen-bond acceptors (Lipinski definition) is 6. The fraction of sp³-hybridized carbons (Fsp3) is 0.391. The molecule has 0 aliphatic carbocycles. The van der Waals surface area contributed by atoms with Crippen LogP contribution in [0, 0.1) is 0 Å². The number of aromatic nitrogens is 1. The summed E-state index contributed by atoms with van der Waals surface area (Å²) in [5, 5.41) is 0.218. The van der Waals surface area contributed by atoms with Crippen molar-refractivity contribution in [2.45, 2.75) is 36.8 Å². The van der Waals surface area contributed by atoms with Gasteiger partial charge in [-0.1, -0.05) is 35.6 Å². The third-order valence-corrected chi connectivity index (χ3v) is 8.26. The molecule has 0 aliphatic heterocycles. The van der Waals surface area contributed by atoms with Gasteiger partial charge in [0.2, 0.25) is 5.91 Å². The zero-order valence-electron chi connectivity index (χ0n) is 18.8. The Morgan fingerprint density at radius 1 is 1.03 bits per heavy atom. The van der Waals surface area contributed by atoms with Gasteiger partial charge in [-0.25, -0.2) is 13.4 Å². The fourth-order valence-electron chi connectivity index (χ4n) is 3.19. The van der Waals surface area contributed by atoms with E-state index in [0.29, 0.717) is 11.7 Å². The minimum atomic E-state index is -3.32. The molecule has 174 valence electrons. The van der Waals surface area contributed by atoms with E-state index in [0.717, 1.165) is 28.7 Å². The Kier molecular flexibility index (Phi) is 9.21. The maximum atomic E-state index is 13.2. The Hall–Kier alpha value is -2.00. The van der Waals surface area contributed by atoms with Crippen molar-refractivity contribution in [1.29, 1.82) is 0 Å². The molecule has 2 aromatic carbocycles. The van der Waals surface area contributed by atoms with Gasteiger partial charge in [-0.05, 0) is 70.7 Å². The van der Waals surface area contributed by atoms with Gasteiger partial charge in [0.15, 0.2) is 15.0 Å². The summed E-state index contributed by atoms with van der Waals surface area (Å²) in [6.45, 7) is 4.78. The molecule has 0 bridgehead atoms. The molecule has 0 radical (unpaired) electrons. The van der Waals surface area contributed by atoms with Gasteiger partial charge >= 0.3 is 0 Å². The van der Waals surface area contributed by atoms with Crippen molar-refractivity contribution in [3.05, 3.63) is 54.1 Å². The van der Waals surface area contributed by atoms with Gasteiger partial charge in [-0.3, -0.25) is 9.69 Å². The summed E-state index contributed by atoms with van der Waals surface area (Å²) < 4.78 is 25.7. The molecule has 3 rings (SSSR count). The number of carbonyl (C=O) groups excluding carboxylic acids is 1. The summed E-state index contributed by atoms with van der Waals surface area (Å²) in [7, 11) is 0.696. The molecule has 3 aromatic rings. The highest BCUT2D eigenvalue weighted by atomic mass is 35.5. The molecule has 0 unspecified atom stereocenters. The number of hydrogen-bond donors (Lipinski definition) is 0. The number of halogens is 1. The number of fused-ring (bicyclic) bond motifs is 1. The van der Waals surface area contributed by atoms with E-state index in [1.807, 2.05) is 38.4 Å². The van der Waals surface area contributed by atoms with E-state index < -0.39 is 15.1 Å². The van der Waals surface area contributed by atoms with Gasteiger partial charge in [0, 0.05) is 6.54 Å². The Morgan fingerprint density at radius 3 is 2.28 bits per heavy atom. The van der Waals surface area contributed by atoms with Crippen LogP contribution in [0.3, 0.4) is 0 Å². The lowest BCUT2D eigenvalue weighted by atomic mass is 10.1. The molecule has 32 heavy (non-hydrogen) atoms. The molecule has 0 saturated heterocycles. The Bertz CT molecular complexity index is 1110. The number of anilines is 1. The van der Waals surface area contributed by atoms with Crippen molar-refractivity contribution in [1.82, 2.24) is 9.88 Å². The van der Waals surface area contributed by atoms with E-state index in [9.17, 15) is 13.2 Å². The number of carbonyl (C=O) groups is 1. The van der Waals surface area contributed by atoms with Gasteiger partial charge in [0.05, 0.1) is 26.8 Å². The summed E-state index contributed by atoms with van der Waals surface area (Å²) >= 11 is 1.51. The topological polar surface area (TPSA) is 70.6 Å². The second-order valence-corrected chi connectivity index (χ2v) is 11.6. The van der Waals surface area contributed by atoms with Crippen LogP contribution in [0.15, 0.2) is 53.4 Å². The van der Waals surface area contributed by atoms with Crippen LogP contribution in [-0.4, -0.2) is 56.6 Å². The first-order valence-electron chi connectivity index (χ1n) is 10.3. The number of nitrogens with zero attached hydrogens (tertiary/aromatic N) is 3. The normalized spacial score (nSPS) is 11.7. The molecule has 0 N–H and O–H groups in total. The highest BCUT2D eigenvalue weighted by Gasteiger charge is 2.22. The van der Waals surface area contributed by atoms with E-state index in [4.69, 9.17) is 0 Å². The van der Waals surface area contributed by atoms with Crippen LogP contribution in [0.4, 0.5) is 5.13 Å². The van der Waals surface area contributed by atoms with Crippen LogP contribution in [0.1, 0.15) is 25.8 Å². The predicted molar refractivity (Wildman–Crippen MR) is 135 cm³/mol. The largest absolute Gasteiger partial charge is 0.309 e. The lowest BCUT2D eigenvalue weighted by Crippen LogP contribution is -2.34. The van der Waals surface area contributed by atoms with E-state index in [1.54, 1.807) is 43.0 Å². The zero-order valence-corrected chi connectivity index (χ0v) is 21.3. The molecule has 1 heterocycles. The van der Waals surface area contributed by atoms with E-state index in [-0.39, 0.29) is 29.6 Å². The average molecular weight is 496 g/mol. The molecule has 0 atom stereocenters. The van der Waals surface area contributed by atoms with Crippen LogP contribution in [-0.2, 0) is 21.1 Å². The summed E-state index contributed by atoms with van der Waals surface area (Å²) in [6.07, 6.45) is 1.03. The third-order valence-electron chi connectivity index (χ3n) is 5.03. The van der Waals surface area contributed by atoms with E-state index in [1.165, 1.54) is 11.3 Å². The van der Waals surface area contributed by atoms with Crippen LogP contribution in [0.2, 0.25) is 0 Å². The quantitative estimate of drug-likeness (QED) is 0.439. The van der Waals surface area contributed by atoms with E-state index in [2.05, 4.69) is 9.88 Å². The molecule has 0 fully saturated rings. The average Bonchev–Trinajstić information content (AvgIpc) is 3.15. The molecule has 6 nitrogen and oxygen atoms in total. The first-order valence-corrected chi connectivity index (χ1v) is 12.7. The molecule has 1 amide bonds. The lowest BCUT2D eigenvalue weighted by molar-refractivity contribution is -0.118. The van der Waals surface area contributed by atoms with Crippen LogP contribution in [0.5, 0.6) is 0 Å². The van der Waals surface area contributed by atoms with Gasteiger partial charge in [-0.15, -0.1) is 12.4 Å². The van der Waals surface area contributed by atoms with Crippen molar-refractivity contribution in [2.24, 2.45) is 0 Å². The number of amides is 1. The molecule has 1 aromatic heterocycles. The second kappa shape index (κ2) is 11.2. The van der Waals surface area contributed by atoms with Crippen LogP contribution >= 0.6 is 23.7 Å². The van der Waals surface area contributed by atoms with Gasteiger partial charge in [0.1, 0.15) is 0 Å². The maximum absolute atomic E-state index is 13.2. The highest BCUT2D eigenvalue weighted by molar-refractivity contribution is 7.92. The lowest BCUT2D eigenvalue weighted by Gasteiger charge is -2.21. The van der Waals surface area contributed by atoms with Gasteiger partial charge in [0.25, 0.3) is 0 Å². The predicted octanol–water partition coefficient (Wildman–Crippen LogP) is 4.43. The minimum Gasteiger partial charge on any atom is -0.309 e. The number of rotatable bonds is 9. The van der Waals surface area contributed by atoms with Crippen LogP contribution in [0.25, 0.3) is 10.2 Å². The SMILES string of the molecule is CC(C)S(=O)(=O)c1ccc(CC(=O)N(CCCN(C)C)c2nc3ccccc3s2)cc1.Cl. The first-order chi connectivity index (χ1) is 14.7. The highest BCUT2D eigenvalue weighted by Crippen LogP contribution is 2.29. The molecule has 9 heteroatoms. The molecular weight excluding hydrogens is 466 g/mol. The van der Waals surface area contributed by atoms with E-state index >= 15 is 0 Å². The third kappa shape index (κ3) is 6.28. The minimum absolute atomic E-state index is 0. The summed E-state index contributed by atoms with van der Waals surface area (Å²) in [6, 6.07) is 14.5. The van der Waals surface area contributed by atoms with Crippen molar-refractivity contribution in [3.8, 4) is 0 Å². The number of thiazole rings is 1. The smallest absolute Gasteiger partial charge is 0.233 e. The first kappa shape index (κ1) is 26.3. The molecule has 0 saturated carbocycles. The van der Waals surface area contributed by atoms with Crippen molar-refractivity contribution in [3.63, 3.8) is 0 Å². The second-order valence-electron chi connectivity index (χ2n) is 8.08. The standard InChI is InChI=1S/C23H29N3O3S2.ClH/c1-17(2)31(28,29)19-12-10-18(11-13-19)16-22(27)26(15-7-14-25(3)4)23-24-20-8-5-6-9-21(20)30-23;/h5-6,8-13,17H,7,14-16H2,1-4H3;1H. The van der Waals surface area contributed by atoms with Crippen molar-refractivity contribution in [2.75, 3.05) is 32.1 Å².